The lowest BCUT2D eigenvalue weighted by Gasteiger charge is -2.29. The van der Waals surface area contributed by atoms with E-state index in [0.29, 0.717) is 12.8 Å². The van der Waals surface area contributed by atoms with Crippen LogP contribution in [0.15, 0.2) is 29.4 Å². The van der Waals surface area contributed by atoms with Gasteiger partial charge < -0.3 is 14.2 Å². The van der Waals surface area contributed by atoms with Crippen molar-refractivity contribution in [3.8, 4) is 23.3 Å². The second-order valence-electron chi connectivity index (χ2n) is 9.74. The summed E-state index contributed by atoms with van der Waals surface area (Å²) in [6, 6.07) is 3.66. The first-order chi connectivity index (χ1) is 16.4. The number of sulfone groups is 1. The standard InChI is InChI=1S/C25H31FN2O5S/c1-31-23-24(32-18-8-6-17(7-9-18)5-4-16-2-3-16)27-15-28-25(23)33-22-13-12-20(14-21(22)26)34(29,30)19-10-11-19/h12-19H,2-11H2,1H3. The number of aromatic nitrogens is 2. The first-order valence-corrected chi connectivity index (χ1v) is 13.8. The van der Waals surface area contributed by atoms with E-state index in [0.717, 1.165) is 43.6 Å². The second-order valence-corrected chi connectivity index (χ2v) is 12.0. The Hall–Kier alpha value is -2.42. The second kappa shape index (κ2) is 9.68. The molecule has 1 heterocycles. The average Bonchev–Trinajstić information content (AvgIpc) is 3.74. The highest BCUT2D eigenvalue weighted by molar-refractivity contribution is 7.92. The van der Waals surface area contributed by atoms with Crippen molar-refractivity contribution in [1.29, 1.82) is 0 Å². The molecule has 0 unspecified atom stereocenters. The van der Waals surface area contributed by atoms with Gasteiger partial charge in [0.15, 0.2) is 21.4 Å². The molecule has 0 aliphatic heterocycles. The highest BCUT2D eigenvalue weighted by Crippen LogP contribution is 2.41. The van der Waals surface area contributed by atoms with E-state index in [1.54, 1.807) is 0 Å². The number of hydrogen-bond acceptors (Lipinski definition) is 7. The van der Waals surface area contributed by atoms with Crippen LogP contribution in [-0.2, 0) is 9.84 Å². The topological polar surface area (TPSA) is 87.6 Å². The van der Waals surface area contributed by atoms with Crippen LogP contribution in [-0.4, -0.2) is 36.8 Å². The number of ether oxygens (including phenoxy) is 3. The minimum absolute atomic E-state index is 0.0160. The summed E-state index contributed by atoms with van der Waals surface area (Å²) >= 11 is 0. The highest BCUT2D eigenvalue weighted by atomic mass is 32.2. The Kier molecular flexibility index (Phi) is 6.64. The number of methoxy groups -OCH3 is 1. The van der Waals surface area contributed by atoms with Gasteiger partial charge in [-0.05, 0) is 68.6 Å². The molecular formula is C25H31FN2O5S. The molecule has 0 bridgehead atoms. The van der Waals surface area contributed by atoms with E-state index >= 15 is 0 Å². The van der Waals surface area contributed by atoms with E-state index < -0.39 is 20.9 Å². The molecule has 3 fully saturated rings. The van der Waals surface area contributed by atoms with Gasteiger partial charge in [-0.25, -0.2) is 12.8 Å². The van der Waals surface area contributed by atoms with Crippen LogP contribution in [0.5, 0.6) is 23.3 Å². The summed E-state index contributed by atoms with van der Waals surface area (Å²) in [6.45, 7) is 0. The van der Waals surface area contributed by atoms with Crippen LogP contribution in [0.3, 0.4) is 0 Å². The van der Waals surface area contributed by atoms with Gasteiger partial charge in [0.1, 0.15) is 12.4 Å². The number of nitrogens with zero attached hydrogens (tertiary/aromatic N) is 2. The third-order valence-corrected chi connectivity index (χ3v) is 9.36. The Labute approximate surface area is 200 Å². The molecule has 0 atom stereocenters. The molecule has 3 saturated carbocycles. The zero-order chi connectivity index (χ0) is 23.7. The van der Waals surface area contributed by atoms with Gasteiger partial charge in [0.25, 0.3) is 11.8 Å². The fourth-order valence-electron chi connectivity index (χ4n) is 4.66. The largest absolute Gasteiger partial charge is 0.487 e. The maximum atomic E-state index is 14.7. The third kappa shape index (κ3) is 5.29. The fraction of sp³-hybridized carbons (Fsp3) is 0.600. The summed E-state index contributed by atoms with van der Waals surface area (Å²) in [4.78, 5) is 8.27. The predicted molar refractivity (Wildman–Crippen MR) is 124 cm³/mol. The van der Waals surface area contributed by atoms with Crippen LogP contribution in [0, 0.1) is 17.7 Å². The summed E-state index contributed by atoms with van der Waals surface area (Å²) in [5.74, 6) is 1.29. The Morgan fingerprint density at radius 2 is 1.59 bits per heavy atom. The van der Waals surface area contributed by atoms with Gasteiger partial charge in [-0.2, -0.15) is 9.97 Å². The summed E-state index contributed by atoms with van der Waals surface area (Å²) in [5.41, 5.74) is 0. The minimum Gasteiger partial charge on any atom is -0.487 e. The number of halogens is 1. The van der Waals surface area contributed by atoms with E-state index in [1.165, 1.54) is 51.3 Å². The van der Waals surface area contributed by atoms with E-state index in [4.69, 9.17) is 14.2 Å². The fourth-order valence-corrected chi connectivity index (χ4v) is 6.33. The molecule has 2 aromatic rings. The van der Waals surface area contributed by atoms with Crippen LogP contribution < -0.4 is 14.2 Å². The van der Waals surface area contributed by atoms with Crippen LogP contribution >= 0.6 is 0 Å². The predicted octanol–water partition coefficient (Wildman–Crippen LogP) is 5.48. The Morgan fingerprint density at radius 1 is 0.941 bits per heavy atom. The van der Waals surface area contributed by atoms with E-state index in [1.807, 2.05) is 0 Å². The lowest BCUT2D eigenvalue weighted by atomic mass is 9.84. The summed E-state index contributed by atoms with van der Waals surface area (Å²) in [7, 11) is -2.04. The number of hydrogen-bond donors (Lipinski definition) is 0. The summed E-state index contributed by atoms with van der Waals surface area (Å²) < 4.78 is 56.7. The molecule has 184 valence electrons. The Bertz CT molecular complexity index is 1130. The molecule has 9 heteroatoms. The lowest BCUT2D eigenvalue weighted by Crippen LogP contribution is -2.25. The molecule has 1 aromatic carbocycles. The van der Waals surface area contributed by atoms with Crippen molar-refractivity contribution in [2.45, 2.75) is 80.5 Å². The minimum atomic E-state index is -3.49. The third-order valence-electron chi connectivity index (χ3n) is 7.10. The molecule has 5 rings (SSSR count). The maximum Gasteiger partial charge on any atom is 0.270 e. The zero-order valence-electron chi connectivity index (χ0n) is 19.4. The van der Waals surface area contributed by atoms with E-state index in [-0.39, 0.29) is 34.3 Å². The number of rotatable bonds is 10. The number of benzene rings is 1. The SMILES string of the molecule is COc1c(Oc2ccc(S(=O)(=O)C3CC3)cc2F)ncnc1OC1CCC(CCC2CC2)CC1. The van der Waals surface area contributed by atoms with Crippen LogP contribution in [0.1, 0.15) is 64.2 Å². The molecule has 3 aliphatic rings. The molecule has 0 N–H and O–H groups in total. The Morgan fingerprint density at radius 3 is 2.18 bits per heavy atom. The van der Waals surface area contributed by atoms with Crippen molar-refractivity contribution in [3.05, 3.63) is 30.3 Å². The van der Waals surface area contributed by atoms with Gasteiger partial charge in [0.05, 0.1) is 17.3 Å². The molecule has 0 radical (unpaired) electrons. The molecule has 3 aliphatic carbocycles. The van der Waals surface area contributed by atoms with Crippen LogP contribution in [0.25, 0.3) is 0 Å². The quantitative estimate of drug-likeness (QED) is 0.436. The van der Waals surface area contributed by atoms with Crippen molar-refractivity contribution in [2.75, 3.05) is 7.11 Å². The van der Waals surface area contributed by atoms with Crippen molar-refractivity contribution in [2.24, 2.45) is 11.8 Å². The van der Waals surface area contributed by atoms with Crippen LogP contribution in [0.2, 0.25) is 0 Å². The van der Waals surface area contributed by atoms with Gasteiger partial charge in [0, 0.05) is 0 Å². The smallest absolute Gasteiger partial charge is 0.270 e. The highest BCUT2D eigenvalue weighted by Gasteiger charge is 2.37. The van der Waals surface area contributed by atoms with Crippen LogP contribution in [0.4, 0.5) is 4.39 Å². The van der Waals surface area contributed by atoms with Gasteiger partial charge in [0.2, 0.25) is 5.75 Å². The lowest BCUT2D eigenvalue weighted by molar-refractivity contribution is 0.117. The zero-order valence-corrected chi connectivity index (χ0v) is 20.2. The van der Waals surface area contributed by atoms with Gasteiger partial charge in [-0.3, -0.25) is 0 Å². The molecule has 0 amide bonds. The normalized spacial score (nSPS) is 22.9. The first-order valence-electron chi connectivity index (χ1n) is 12.2. The van der Waals surface area contributed by atoms with Crippen molar-refractivity contribution < 1.29 is 27.0 Å². The van der Waals surface area contributed by atoms with E-state index in [9.17, 15) is 12.8 Å². The molecular weight excluding hydrogens is 459 g/mol. The Balaban J connectivity index is 1.25. The first kappa shape index (κ1) is 23.3. The maximum absolute atomic E-state index is 14.7. The summed E-state index contributed by atoms with van der Waals surface area (Å²) in [5, 5.41) is -0.409. The van der Waals surface area contributed by atoms with Gasteiger partial charge in [-0.15, -0.1) is 0 Å². The monoisotopic (exact) mass is 490 g/mol. The van der Waals surface area contributed by atoms with Crippen molar-refractivity contribution in [3.63, 3.8) is 0 Å². The van der Waals surface area contributed by atoms with E-state index in [2.05, 4.69) is 9.97 Å². The molecule has 34 heavy (non-hydrogen) atoms. The summed E-state index contributed by atoms with van der Waals surface area (Å²) in [6.07, 6.45) is 12.3. The van der Waals surface area contributed by atoms with Crippen molar-refractivity contribution >= 4 is 9.84 Å². The molecule has 0 saturated heterocycles. The molecule has 1 aromatic heterocycles. The van der Waals surface area contributed by atoms with Gasteiger partial charge in [-0.1, -0.05) is 25.7 Å². The van der Waals surface area contributed by atoms with Crippen molar-refractivity contribution in [1.82, 2.24) is 9.97 Å². The molecule has 7 nitrogen and oxygen atoms in total. The average molecular weight is 491 g/mol. The molecule has 0 spiro atoms. The van der Waals surface area contributed by atoms with Gasteiger partial charge >= 0.3 is 0 Å².